The molecule has 5 aromatic rings. The molecule has 1 heterocycles. The second-order valence-corrected chi connectivity index (χ2v) is 11.3. The van der Waals surface area contributed by atoms with Crippen LogP contribution in [0.2, 0.25) is 0 Å². The summed E-state index contributed by atoms with van der Waals surface area (Å²) in [6.45, 7) is 0. The standard InChI is InChI=1S/C35H37N3/c1-4-14-26(15-5-1)37(27-16-6-2-7-17-27)33-25-24-31(29-20-10-11-21-30(29)33)35-36-32-22-12-13-23-34(32)38(35)28-18-8-3-9-19-28/h3,8-13,18-27H,1-2,4-7,14-17H2. The molecule has 0 spiro atoms. The molecular formula is C35H37N3. The number of rotatable bonds is 5. The van der Waals surface area contributed by atoms with E-state index in [1.807, 2.05) is 0 Å². The Balaban J connectivity index is 1.42. The zero-order chi connectivity index (χ0) is 25.3. The van der Waals surface area contributed by atoms with Gasteiger partial charge in [0.25, 0.3) is 0 Å². The highest BCUT2D eigenvalue weighted by molar-refractivity contribution is 6.04. The summed E-state index contributed by atoms with van der Waals surface area (Å²) in [5.74, 6) is 1.02. The molecule has 38 heavy (non-hydrogen) atoms. The molecule has 3 heteroatoms. The van der Waals surface area contributed by atoms with Crippen LogP contribution < -0.4 is 4.90 Å². The van der Waals surface area contributed by atoms with E-state index in [9.17, 15) is 0 Å². The Labute approximate surface area is 226 Å². The van der Waals surface area contributed by atoms with Crippen molar-refractivity contribution in [2.75, 3.05) is 4.90 Å². The van der Waals surface area contributed by atoms with E-state index in [0.717, 1.165) is 22.5 Å². The van der Waals surface area contributed by atoms with Crippen molar-refractivity contribution in [3.05, 3.63) is 91.0 Å². The Morgan fingerprint density at radius 1 is 0.579 bits per heavy atom. The number of para-hydroxylation sites is 3. The molecule has 0 bridgehead atoms. The smallest absolute Gasteiger partial charge is 0.146 e. The Morgan fingerprint density at radius 3 is 1.89 bits per heavy atom. The predicted molar refractivity (Wildman–Crippen MR) is 160 cm³/mol. The van der Waals surface area contributed by atoms with Crippen molar-refractivity contribution in [2.45, 2.75) is 76.3 Å². The molecule has 0 saturated heterocycles. The SMILES string of the molecule is c1ccc(-n2c(-c3ccc(N(C4CCCCC4)C4CCCCC4)c4ccccc34)nc3ccccc32)cc1. The van der Waals surface area contributed by atoms with Crippen LogP contribution in [-0.4, -0.2) is 21.6 Å². The van der Waals surface area contributed by atoms with Gasteiger partial charge in [0.05, 0.1) is 11.0 Å². The number of hydrogen-bond acceptors (Lipinski definition) is 2. The van der Waals surface area contributed by atoms with Crippen LogP contribution in [0.25, 0.3) is 38.9 Å². The van der Waals surface area contributed by atoms with Gasteiger partial charge in [0, 0.05) is 34.4 Å². The zero-order valence-electron chi connectivity index (χ0n) is 22.2. The molecule has 2 fully saturated rings. The molecule has 192 valence electrons. The lowest BCUT2D eigenvalue weighted by molar-refractivity contribution is 0.340. The van der Waals surface area contributed by atoms with Gasteiger partial charge < -0.3 is 4.90 Å². The highest BCUT2D eigenvalue weighted by atomic mass is 15.2. The van der Waals surface area contributed by atoms with Crippen LogP contribution in [0.4, 0.5) is 5.69 Å². The summed E-state index contributed by atoms with van der Waals surface area (Å²) < 4.78 is 2.33. The average Bonchev–Trinajstić information content (AvgIpc) is 3.38. The van der Waals surface area contributed by atoms with Crippen LogP contribution in [0.15, 0.2) is 91.0 Å². The minimum absolute atomic E-state index is 0.662. The van der Waals surface area contributed by atoms with Gasteiger partial charge in [-0.3, -0.25) is 4.57 Å². The molecule has 0 atom stereocenters. The zero-order valence-corrected chi connectivity index (χ0v) is 22.2. The third kappa shape index (κ3) is 4.18. The van der Waals surface area contributed by atoms with E-state index in [0.29, 0.717) is 12.1 Å². The first-order valence-electron chi connectivity index (χ1n) is 14.7. The van der Waals surface area contributed by atoms with Crippen molar-refractivity contribution in [3.63, 3.8) is 0 Å². The number of imidazole rings is 1. The lowest BCUT2D eigenvalue weighted by Crippen LogP contribution is -2.45. The summed E-state index contributed by atoms with van der Waals surface area (Å²) in [5.41, 5.74) is 5.97. The van der Waals surface area contributed by atoms with E-state index in [1.54, 1.807) is 0 Å². The number of anilines is 1. The molecule has 4 aromatic carbocycles. The highest BCUT2D eigenvalue weighted by Crippen LogP contribution is 2.41. The van der Waals surface area contributed by atoms with Crippen LogP contribution >= 0.6 is 0 Å². The fourth-order valence-corrected chi connectivity index (χ4v) is 7.16. The van der Waals surface area contributed by atoms with Gasteiger partial charge >= 0.3 is 0 Å². The summed E-state index contributed by atoms with van der Waals surface area (Å²) in [7, 11) is 0. The molecule has 3 nitrogen and oxygen atoms in total. The van der Waals surface area contributed by atoms with E-state index in [1.165, 1.54) is 86.2 Å². The fraction of sp³-hybridized carbons (Fsp3) is 0.343. The van der Waals surface area contributed by atoms with Gasteiger partial charge in [-0.15, -0.1) is 0 Å². The summed E-state index contributed by atoms with van der Waals surface area (Å²) >= 11 is 0. The molecular weight excluding hydrogens is 462 g/mol. The molecule has 0 aliphatic heterocycles. The van der Waals surface area contributed by atoms with Gasteiger partial charge in [-0.25, -0.2) is 4.98 Å². The van der Waals surface area contributed by atoms with E-state index in [2.05, 4.69) is 100 Å². The third-order valence-electron chi connectivity index (χ3n) is 8.93. The Morgan fingerprint density at radius 2 is 1.18 bits per heavy atom. The minimum atomic E-state index is 0.662. The first kappa shape index (κ1) is 23.5. The number of fused-ring (bicyclic) bond motifs is 2. The van der Waals surface area contributed by atoms with E-state index in [-0.39, 0.29) is 0 Å². The second kappa shape index (κ2) is 10.3. The molecule has 2 aliphatic rings. The Kier molecular flexibility index (Phi) is 6.37. The molecule has 0 N–H and O–H groups in total. The average molecular weight is 500 g/mol. The monoisotopic (exact) mass is 499 g/mol. The number of benzene rings is 4. The van der Waals surface area contributed by atoms with E-state index in [4.69, 9.17) is 4.98 Å². The van der Waals surface area contributed by atoms with Gasteiger partial charge in [0.1, 0.15) is 5.82 Å². The van der Waals surface area contributed by atoms with Crippen LogP contribution in [0.1, 0.15) is 64.2 Å². The van der Waals surface area contributed by atoms with Crippen molar-refractivity contribution in [2.24, 2.45) is 0 Å². The maximum Gasteiger partial charge on any atom is 0.146 e. The van der Waals surface area contributed by atoms with Crippen molar-refractivity contribution in [1.82, 2.24) is 9.55 Å². The molecule has 0 radical (unpaired) electrons. The van der Waals surface area contributed by atoms with Crippen LogP contribution in [0, 0.1) is 0 Å². The Bertz CT molecular complexity index is 1520. The first-order chi connectivity index (χ1) is 18.9. The maximum atomic E-state index is 5.21. The lowest BCUT2D eigenvalue weighted by atomic mass is 9.87. The minimum Gasteiger partial charge on any atom is -0.365 e. The van der Waals surface area contributed by atoms with Crippen LogP contribution in [0.5, 0.6) is 0 Å². The van der Waals surface area contributed by atoms with E-state index >= 15 is 0 Å². The van der Waals surface area contributed by atoms with Crippen LogP contribution in [0.3, 0.4) is 0 Å². The van der Waals surface area contributed by atoms with Gasteiger partial charge in [-0.05, 0) is 67.5 Å². The van der Waals surface area contributed by atoms with Gasteiger partial charge in [0.15, 0.2) is 0 Å². The summed E-state index contributed by atoms with van der Waals surface area (Å²) in [6.07, 6.45) is 13.6. The molecule has 2 saturated carbocycles. The van der Waals surface area contributed by atoms with Gasteiger partial charge in [-0.1, -0.05) is 93.1 Å². The second-order valence-electron chi connectivity index (χ2n) is 11.3. The van der Waals surface area contributed by atoms with E-state index < -0.39 is 0 Å². The quantitative estimate of drug-likeness (QED) is 0.240. The Hall–Kier alpha value is -3.59. The van der Waals surface area contributed by atoms with Gasteiger partial charge in [0.2, 0.25) is 0 Å². The fourth-order valence-electron chi connectivity index (χ4n) is 7.16. The maximum absolute atomic E-state index is 5.21. The number of hydrogen-bond donors (Lipinski definition) is 0. The molecule has 1 aromatic heterocycles. The summed E-state index contributed by atoms with van der Waals surface area (Å²) in [5, 5.41) is 2.67. The molecule has 0 amide bonds. The van der Waals surface area contributed by atoms with Crippen LogP contribution in [-0.2, 0) is 0 Å². The molecule has 2 aliphatic carbocycles. The number of aromatic nitrogens is 2. The molecule has 0 unspecified atom stereocenters. The number of nitrogens with zero attached hydrogens (tertiary/aromatic N) is 3. The largest absolute Gasteiger partial charge is 0.365 e. The van der Waals surface area contributed by atoms with Crippen molar-refractivity contribution in [1.29, 1.82) is 0 Å². The lowest BCUT2D eigenvalue weighted by Gasteiger charge is -2.44. The molecule has 7 rings (SSSR count). The third-order valence-corrected chi connectivity index (χ3v) is 8.93. The first-order valence-corrected chi connectivity index (χ1v) is 14.7. The van der Waals surface area contributed by atoms with Crippen molar-refractivity contribution < 1.29 is 0 Å². The predicted octanol–water partition coefficient (Wildman–Crippen LogP) is 9.32. The topological polar surface area (TPSA) is 21.1 Å². The summed E-state index contributed by atoms with van der Waals surface area (Å²) in [6, 6.07) is 34.4. The van der Waals surface area contributed by atoms with Crippen molar-refractivity contribution >= 4 is 27.5 Å². The van der Waals surface area contributed by atoms with Crippen molar-refractivity contribution in [3.8, 4) is 17.1 Å². The normalized spacial score (nSPS) is 17.3. The van der Waals surface area contributed by atoms with Gasteiger partial charge in [-0.2, -0.15) is 0 Å². The highest BCUT2D eigenvalue weighted by Gasteiger charge is 2.30. The summed E-state index contributed by atoms with van der Waals surface area (Å²) in [4.78, 5) is 8.09.